The van der Waals surface area contributed by atoms with Gasteiger partial charge in [0.05, 0.1) is 6.20 Å². The van der Waals surface area contributed by atoms with Crippen LogP contribution >= 0.6 is 0 Å². The lowest BCUT2D eigenvalue weighted by molar-refractivity contribution is -0.0477. The number of nitrogens with one attached hydrogen (secondary N) is 1. The van der Waals surface area contributed by atoms with Gasteiger partial charge in [-0.05, 0) is 44.6 Å². The van der Waals surface area contributed by atoms with Gasteiger partial charge < -0.3 is 9.84 Å². The van der Waals surface area contributed by atoms with Crippen LogP contribution in [-0.2, 0) is 0 Å². The third kappa shape index (κ3) is 3.37. The van der Waals surface area contributed by atoms with Crippen molar-refractivity contribution in [1.82, 2.24) is 10.5 Å². The molecule has 0 spiro atoms. The number of nitrogens with zero attached hydrogens (tertiary/aromatic N) is 1. The van der Waals surface area contributed by atoms with Crippen LogP contribution in [0.2, 0.25) is 0 Å². The molecule has 3 rings (SSSR count). The Morgan fingerprint density at radius 3 is 2.80 bits per heavy atom. The molecule has 2 aliphatic rings. The summed E-state index contributed by atoms with van der Waals surface area (Å²) in [5, 5.41) is 7.30. The lowest BCUT2D eigenvalue weighted by Gasteiger charge is -2.34. The van der Waals surface area contributed by atoms with Crippen molar-refractivity contribution in [3.63, 3.8) is 0 Å². The highest BCUT2D eigenvalue weighted by molar-refractivity contribution is 5.04. The zero-order valence-corrected chi connectivity index (χ0v) is 11.7. The summed E-state index contributed by atoms with van der Waals surface area (Å²) in [5.41, 5.74) is 0. The number of hydrogen-bond acceptors (Lipinski definition) is 3. The molecule has 0 radical (unpaired) electrons. The van der Waals surface area contributed by atoms with Gasteiger partial charge in [0.25, 0.3) is 0 Å². The van der Waals surface area contributed by atoms with E-state index in [1.807, 2.05) is 6.07 Å². The van der Waals surface area contributed by atoms with E-state index in [1.165, 1.54) is 0 Å². The van der Waals surface area contributed by atoms with Crippen LogP contribution in [0.1, 0.15) is 56.6 Å². The molecule has 1 aliphatic carbocycles. The summed E-state index contributed by atoms with van der Waals surface area (Å²) in [5.74, 6) is -0.583. The van der Waals surface area contributed by atoms with Gasteiger partial charge in [-0.1, -0.05) is 5.16 Å². The highest BCUT2D eigenvalue weighted by Crippen LogP contribution is 2.39. The largest absolute Gasteiger partial charge is 0.361 e. The van der Waals surface area contributed by atoms with E-state index in [4.69, 9.17) is 4.52 Å². The molecule has 1 saturated carbocycles. The maximum absolute atomic E-state index is 13.2. The van der Waals surface area contributed by atoms with E-state index < -0.39 is 5.92 Å². The summed E-state index contributed by atoms with van der Waals surface area (Å²) in [6.07, 6.45) is 6.26. The summed E-state index contributed by atoms with van der Waals surface area (Å²) in [7, 11) is 0. The van der Waals surface area contributed by atoms with E-state index in [9.17, 15) is 8.78 Å². The summed E-state index contributed by atoms with van der Waals surface area (Å²) < 4.78 is 31.6. The molecule has 2 heterocycles. The van der Waals surface area contributed by atoms with Crippen molar-refractivity contribution in [2.75, 3.05) is 6.54 Å². The van der Waals surface area contributed by atoms with Crippen LogP contribution in [0.5, 0.6) is 0 Å². The molecule has 2 fully saturated rings. The first-order chi connectivity index (χ1) is 9.62. The second kappa shape index (κ2) is 5.80. The van der Waals surface area contributed by atoms with Gasteiger partial charge in [-0.3, -0.25) is 0 Å². The molecule has 1 aromatic rings. The Morgan fingerprint density at radius 2 is 2.10 bits per heavy atom. The summed E-state index contributed by atoms with van der Waals surface area (Å²) >= 11 is 0. The topological polar surface area (TPSA) is 38.1 Å². The zero-order valence-electron chi connectivity index (χ0n) is 11.7. The van der Waals surface area contributed by atoms with E-state index in [-0.39, 0.29) is 12.8 Å². The second-order valence-corrected chi connectivity index (χ2v) is 6.32. The van der Waals surface area contributed by atoms with E-state index in [1.54, 1.807) is 6.20 Å². The molecule has 2 atom stereocenters. The van der Waals surface area contributed by atoms with Crippen LogP contribution in [0.3, 0.4) is 0 Å². The van der Waals surface area contributed by atoms with Crippen molar-refractivity contribution in [2.24, 2.45) is 5.92 Å². The Kier molecular flexibility index (Phi) is 4.06. The first-order valence-corrected chi connectivity index (χ1v) is 7.64. The fraction of sp³-hybridized carbons (Fsp3) is 0.800. The van der Waals surface area contributed by atoms with Gasteiger partial charge in [-0.2, -0.15) is 0 Å². The fourth-order valence-corrected chi connectivity index (χ4v) is 3.62. The van der Waals surface area contributed by atoms with Crippen LogP contribution in [0.4, 0.5) is 8.78 Å². The number of halogens is 2. The van der Waals surface area contributed by atoms with Crippen molar-refractivity contribution in [2.45, 2.75) is 62.8 Å². The molecule has 1 saturated heterocycles. The average molecular weight is 284 g/mol. The van der Waals surface area contributed by atoms with Gasteiger partial charge >= 0.3 is 0 Å². The minimum absolute atomic E-state index is 0.0654. The molecule has 20 heavy (non-hydrogen) atoms. The first-order valence-electron chi connectivity index (χ1n) is 7.64. The monoisotopic (exact) mass is 284 g/mol. The van der Waals surface area contributed by atoms with Crippen LogP contribution in [0, 0.1) is 5.92 Å². The number of piperidine rings is 1. The highest BCUT2D eigenvalue weighted by Gasteiger charge is 2.36. The Bertz CT molecular complexity index is 412. The number of alkyl halides is 2. The summed E-state index contributed by atoms with van der Waals surface area (Å²) in [6.45, 7) is 0.971. The minimum atomic E-state index is -2.42. The minimum Gasteiger partial charge on any atom is -0.361 e. The maximum Gasteiger partial charge on any atom is 0.248 e. The van der Waals surface area contributed by atoms with E-state index in [0.29, 0.717) is 30.7 Å². The Balaban J connectivity index is 1.51. The molecule has 1 aromatic heterocycles. The summed E-state index contributed by atoms with van der Waals surface area (Å²) in [6, 6.07) is 2.37. The van der Waals surface area contributed by atoms with E-state index in [0.717, 1.165) is 31.6 Å². The standard InChI is InChI=1S/C15H22F2N2O/c16-15(17)5-1-11(2-6-15)9-13-10-12(3-7-18-13)14-4-8-19-20-14/h4,8,11-13,18H,1-3,5-7,9-10H2/t12-,13-/m1/s1. The SMILES string of the molecule is FC1(F)CCC(C[C@@H]2C[C@H](c3ccno3)CCN2)CC1. The van der Waals surface area contributed by atoms with E-state index in [2.05, 4.69) is 10.5 Å². The Hall–Kier alpha value is -0.970. The molecule has 1 aliphatic heterocycles. The Morgan fingerprint density at radius 1 is 1.30 bits per heavy atom. The maximum atomic E-state index is 13.2. The van der Waals surface area contributed by atoms with E-state index >= 15 is 0 Å². The van der Waals surface area contributed by atoms with Gasteiger partial charge in [0.15, 0.2) is 0 Å². The van der Waals surface area contributed by atoms with Gasteiger partial charge in [-0.15, -0.1) is 0 Å². The first kappa shape index (κ1) is 14.0. The molecule has 0 bridgehead atoms. The fourth-order valence-electron chi connectivity index (χ4n) is 3.62. The number of aromatic nitrogens is 1. The lowest BCUT2D eigenvalue weighted by atomic mass is 9.79. The van der Waals surface area contributed by atoms with Crippen molar-refractivity contribution < 1.29 is 13.3 Å². The highest BCUT2D eigenvalue weighted by atomic mass is 19.3. The molecule has 5 heteroatoms. The molecule has 0 amide bonds. The van der Waals surface area contributed by atoms with Crippen LogP contribution in [0.25, 0.3) is 0 Å². The predicted molar refractivity (Wildman–Crippen MR) is 71.8 cm³/mol. The van der Waals surface area contributed by atoms with Crippen LogP contribution in [0.15, 0.2) is 16.8 Å². The van der Waals surface area contributed by atoms with Crippen molar-refractivity contribution in [1.29, 1.82) is 0 Å². The predicted octanol–water partition coefficient (Wildman–Crippen LogP) is 3.73. The molecule has 1 N–H and O–H groups in total. The molecule has 0 aromatic carbocycles. The second-order valence-electron chi connectivity index (χ2n) is 6.32. The molecular formula is C15H22F2N2O. The van der Waals surface area contributed by atoms with Gasteiger partial charge in [0.2, 0.25) is 5.92 Å². The van der Waals surface area contributed by atoms with Gasteiger partial charge in [-0.25, -0.2) is 8.78 Å². The Labute approximate surface area is 118 Å². The van der Waals surface area contributed by atoms with Gasteiger partial charge in [0.1, 0.15) is 5.76 Å². The molecule has 112 valence electrons. The van der Waals surface area contributed by atoms with Gasteiger partial charge in [0, 0.05) is 30.9 Å². The summed E-state index contributed by atoms with van der Waals surface area (Å²) in [4.78, 5) is 0. The van der Waals surface area contributed by atoms with Crippen LogP contribution < -0.4 is 5.32 Å². The third-order valence-corrected chi connectivity index (χ3v) is 4.81. The molecule has 3 nitrogen and oxygen atoms in total. The van der Waals surface area contributed by atoms with Crippen molar-refractivity contribution >= 4 is 0 Å². The quantitative estimate of drug-likeness (QED) is 0.919. The zero-order chi connectivity index (χ0) is 14.0. The third-order valence-electron chi connectivity index (χ3n) is 4.81. The average Bonchev–Trinajstić information content (AvgIpc) is 2.96. The van der Waals surface area contributed by atoms with Crippen LogP contribution in [-0.4, -0.2) is 23.7 Å². The van der Waals surface area contributed by atoms with Crippen molar-refractivity contribution in [3.05, 3.63) is 18.0 Å². The van der Waals surface area contributed by atoms with Crippen molar-refractivity contribution in [3.8, 4) is 0 Å². The number of rotatable bonds is 3. The molecular weight excluding hydrogens is 262 g/mol. The normalized spacial score (nSPS) is 31.3. The smallest absolute Gasteiger partial charge is 0.248 e. The molecule has 0 unspecified atom stereocenters. The lowest BCUT2D eigenvalue weighted by Crippen LogP contribution is -2.39. The number of hydrogen-bond donors (Lipinski definition) is 1.